The molecule has 4 nitrogen and oxygen atoms in total. The number of aliphatic hydroxyl groups excluding tert-OH is 2. The summed E-state index contributed by atoms with van der Waals surface area (Å²) >= 11 is 0. The van der Waals surface area contributed by atoms with Crippen LogP contribution in [-0.2, 0) is 4.79 Å². The second-order valence-electron chi connectivity index (χ2n) is 21.1. The minimum Gasteiger partial charge on any atom is -0.394 e. The Bertz CT molecular complexity index is 963. The first-order valence-corrected chi connectivity index (χ1v) is 30.5. The molecule has 0 rings (SSSR count). The maximum atomic E-state index is 12.5. The van der Waals surface area contributed by atoms with Crippen molar-refractivity contribution in [1.29, 1.82) is 0 Å². The van der Waals surface area contributed by atoms with Gasteiger partial charge < -0.3 is 15.5 Å². The maximum Gasteiger partial charge on any atom is 0.220 e. The quantitative estimate of drug-likeness (QED) is 0.0420. The van der Waals surface area contributed by atoms with Crippen molar-refractivity contribution >= 4 is 5.91 Å². The molecule has 0 bridgehead atoms. The van der Waals surface area contributed by atoms with E-state index in [0.29, 0.717) is 12.8 Å². The summed E-state index contributed by atoms with van der Waals surface area (Å²) in [6.07, 6.45) is 77.6. The van der Waals surface area contributed by atoms with E-state index in [2.05, 4.69) is 43.5 Å². The van der Waals surface area contributed by atoms with E-state index in [4.69, 9.17) is 0 Å². The molecule has 2 unspecified atom stereocenters. The molecule has 0 aromatic rings. The van der Waals surface area contributed by atoms with Crippen LogP contribution in [0.3, 0.4) is 0 Å². The molecule has 2 atom stereocenters. The predicted octanol–water partition coefficient (Wildman–Crippen LogP) is 20.3. The predicted molar refractivity (Wildman–Crippen MR) is 295 cm³/mol. The molecule has 0 aliphatic carbocycles. The molecule has 0 aromatic carbocycles. The van der Waals surface area contributed by atoms with Gasteiger partial charge in [0.15, 0.2) is 0 Å². The number of hydrogen-bond donors (Lipinski definition) is 3. The van der Waals surface area contributed by atoms with Crippen LogP contribution in [0.25, 0.3) is 0 Å². The summed E-state index contributed by atoms with van der Waals surface area (Å²) < 4.78 is 0. The molecule has 0 fully saturated rings. The summed E-state index contributed by atoms with van der Waals surface area (Å²) in [6.45, 7) is 4.39. The summed E-state index contributed by atoms with van der Waals surface area (Å²) in [5.74, 6) is -0.0251. The fraction of sp³-hybridized carbons (Fsp3) is 0.919. The molecule has 0 heterocycles. The number of aliphatic hydroxyl groups is 2. The number of amides is 1. The Hall–Kier alpha value is -1.13. The summed E-state index contributed by atoms with van der Waals surface area (Å²) in [4.78, 5) is 12.5. The molecule has 4 heteroatoms. The first kappa shape index (κ1) is 64.9. The Balaban J connectivity index is 3.41. The van der Waals surface area contributed by atoms with Crippen molar-refractivity contribution in [3.05, 3.63) is 24.3 Å². The van der Waals surface area contributed by atoms with Gasteiger partial charge in [0.25, 0.3) is 0 Å². The van der Waals surface area contributed by atoms with Gasteiger partial charge in [-0.15, -0.1) is 0 Å². The van der Waals surface area contributed by atoms with Crippen molar-refractivity contribution in [3.63, 3.8) is 0 Å². The number of hydrogen-bond acceptors (Lipinski definition) is 3. The van der Waals surface area contributed by atoms with Gasteiger partial charge in [0.1, 0.15) is 0 Å². The van der Waals surface area contributed by atoms with Crippen molar-refractivity contribution in [1.82, 2.24) is 5.32 Å². The SMILES string of the molecule is CCCCCCC/C=C\C/C=C\CCCCCCCCCCCCCCCCCC(=O)NC(CO)C(O)CCCCCCCCCCCCCCCCCCCCCCCCCCCCC. The highest BCUT2D eigenvalue weighted by Crippen LogP contribution is 2.18. The largest absolute Gasteiger partial charge is 0.394 e. The Kier molecular flexibility index (Phi) is 57.2. The Morgan fingerprint density at radius 1 is 0.364 bits per heavy atom. The van der Waals surface area contributed by atoms with E-state index in [9.17, 15) is 15.0 Å². The Labute approximate surface area is 415 Å². The molecule has 3 N–H and O–H groups in total. The number of rotatable bonds is 57. The van der Waals surface area contributed by atoms with E-state index >= 15 is 0 Å². The lowest BCUT2D eigenvalue weighted by Crippen LogP contribution is -2.45. The highest BCUT2D eigenvalue weighted by atomic mass is 16.3. The van der Waals surface area contributed by atoms with E-state index in [1.54, 1.807) is 0 Å². The third kappa shape index (κ3) is 53.8. The molecule has 0 radical (unpaired) electrons. The summed E-state index contributed by atoms with van der Waals surface area (Å²) in [5, 5.41) is 23.4. The van der Waals surface area contributed by atoms with Gasteiger partial charge in [-0.2, -0.15) is 0 Å². The average Bonchev–Trinajstić information content (AvgIpc) is 3.32. The monoisotopic (exact) mass is 928 g/mol. The minimum absolute atomic E-state index is 0.0251. The zero-order valence-corrected chi connectivity index (χ0v) is 45.2. The van der Waals surface area contributed by atoms with Crippen LogP contribution in [0.4, 0.5) is 0 Å². The van der Waals surface area contributed by atoms with Crippen LogP contribution in [0.2, 0.25) is 0 Å². The lowest BCUT2D eigenvalue weighted by molar-refractivity contribution is -0.123. The molecule has 0 aliphatic rings. The van der Waals surface area contributed by atoms with Gasteiger partial charge in [-0.25, -0.2) is 0 Å². The van der Waals surface area contributed by atoms with Gasteiger partial charge in [0.05, 0.1) is 18.8 Å². The van der Waals surface area contributed by atoms with Crippen LogP contribution >= 0.6 is 0 Å². The Morgan fingerprint density at radius 2 is 0.621 bits per heavy atom. The normalized spacial score (nSPS) is 12.8. The molecule has 0 aliphatic heterocycles. The fourth-order valence-electron chi connectivity index (χ4n) is 9.81. The first-order valence-electron chi connectivity index (χ1n) is 30.5. The van der Waals surface area contributed by atoms with Crippen molar-refractivity contribution in [2.24, 2.45) is 0 Å². The molecule has 0 spiro atoms. The van der Waals surface area contributed by atoms with Crippen LogP contribution in [0, 0.1) is 0 Å². The smallest absolute Gasteiger partial charge is 0.220 e. The number of unbranched alkanes of at least 4 members (excludes halogenated alkanes) is 46. The molecule has 0 saturated heterocycles. The highest BCUT2D eigenvalue weighted by molar-refractivity contribution is 5.76. The lowest BCUT2D eigenvalue weighted by atomic mass is 10.0. The van der Waals surface area contributed by atoms with Gasteiger partial charge in [0, 0.05) is 6.42 Å². The van der Waals surface area contributed by atoms with Crippen molar-refractivity contribution in [2.45, 2.75) is 360 Å². The standard InChI is InChI=1S/C62H121NO3/c1-3-5-7-9-11-13-15-17-19-21-23-25-27-29-31-33-35-37-39-41-43-45-47-49-51-53-55-57-61(65)60(59-64)63-62(66)58-56-54-52-50-48-46-44-42-40-38-36-34-32-30-28-26-24-22-20-18-16-14-12-10-8-6-4-2/h16,18,22,24,60-61,64-65H,3-15,17,19-21,23,25-59H2,1-2H3,(H,63,66)/b18-16-,24-22-. The zero-order chi connectivity index (χ0) is 47.7. The van der Waals surface area contributed by atoms with Crippen molar-refractivity contribution < 1.29 is 15.0 Å². The maximum absolute atomic E-state index is 12.5. The van der Waals surface area contributed by atoms with Crippen LogP contribution in [0.1, 0.15) is 348 Å². The first-order chi connectivity index (χ1) is 32.7. The number of nitrogens with one attached hydrogen (secondary N) is 1. The van der Waals surface area contributed by atoms with Crippen LogP contribution < -0.4 is 5.32 Å². The molecule has 0 aromatic heterocycles. The van der Waals surface area contributed by atoms with Crippen LogP contribution in [-0.4, -0.2) is 34.9 Å². The lowest BCUT2D eigenvalue weighted by Gasteiger charge is -2.22. The summed E-state index contributed by atoms with van der Waals surface area (Å²) in [5.41, 5.74) is 0. The molecule has 392 valence electrons. The van der Waals surface area contributed by atoms with Gasteiger partial charge in [0.2, 0.25) is 5.91 Å². The number of carbonyl (C=O) groups excluding carboxylic acids is 1. The number of allylic oxidation sites excluding steroid dienone is 4. The Morgan fingerprint density at radius 3 is 0.909 bits per heavy atom. The van der Waals surface area contributed by atoms with Gasteiger partial charge in [-0.05, 0) is 44.9 Å². The third-order valence-corrected chi connectivity index (χ3v) is 14.5. The van der Waals surface area contributed by atoms with Gasteiger partial charge in [-0.3, -0.25) is 4.79 Å². The van der Waals surface area contributed by atoms with Crippen molar-refractivity contribution in [3.8, 4) is 0 Å². The van der Waals surface area contributed by atoms with Crippen molar-refractivity contribution in [2.75, 3.05) is 6.61 Å². The molecule has 1 amide bonds. The van der Waals surface area contributed by atoms with E-state index in [1.165, 1.54) is 289 Å². The summed E-state index contributed by atoms with van der Waals surface area (Å²) in [7, 11) is 0. The summed E-state index contributed by atoms with van der Waals surface area (Å²) in [6, 6.07) is -0.536. The minimum atomic E-state index is -0.659. The average molecular weight is 929 g/mol. The topological polar surface area (TPSA) is 69.6 Å². The van der Waals surface area contributed by atoms with Crippen LogP contribution in [0.15, 0.2) is 24.3 Å². The molecular formula is C62H121NO3. The van der Waals surface area contributed by atoms with Gasteiger partial charge in [-0.1, -0.05) is 321 Å². The van der Waals surface area contributed by atoms with E-state index < -0.39 is 12.1 Å². The molecule has 0 saturated carbocycles. The fourth-order valence-corrected chi connectivity index (χ4v) is 9.81. The number of carbonyl (C=O) groups is 1. The van der Waals surface area contributed by atoms with Crippen LogP contribution in [0.5, 0.6) is 0 Å². The van der Waals surface area contributed by atoms with E-state index in [-0.39, 0.29) is 12.5 Å². The molecular weight excluding hydrogens is 807 g/mol. The second kappa shape index (κ2) is 58.2. The van der Waals surface area contributed by atoms with E-state index in [0.717, 1.165) is 32.1 Å². The molecule has 66 heavy (non-hydrogen) atoms. The highest BCUT2D eigenvalue weighted by Gasteiger charge is 2.20. The zero-order valence-electron chi connectivity index (χ0n) is 45.2. The second-order valence-corrected chi connectivity index (χ2v) is 21.1. The van der Waals surface area contributed by atoms with E-state index in [1.807, 2.05) is 0 Å². The van der Waals surface area contributed by atoms with Gasteiger partial charge >= 0.3 is 0 Å². The third-order valence-electron chi connectivity index (χ3n) is 14.5.